The van der Waals surface area contributed by atoms with Gasteiger partial charge in [0, 0.05) is 105 Å². The Morgan fingerprint density at radius 2 is 0.954 bits per heavy atom. The molecule has 87 heavy (non-hydrogen) atoms. The minimum absolute atomic E-state index is 0.0402. The zero-order valence-corrected chi connectivity index (χ0v) is 55.0. The number of ether oxygens (including phenoxy) is 13. The number of aliphatic hydroxyl groups excluding tert-OH is 8. The van der Waals surface area contributed by atoms with Crippen LogP contribution in [0.4, 0.5) is 0 Å². The van der Waals surface area contributed by atoms with E-state index in [0.29, 0.717) is 16.9 Å². The second kappa shape index (κ2) is 34.5. The maximum atomic E-state index is 10.9. The zero-order chi connectivity index (χ0) is 63.3. The third kappa shape index (κ3) is 16.1. The third-order valence-corrected chi connectivity index (χ3v) is 23.5. The number of rotatable bonds is 29. The SMILES string of the molecule is COC1CCC2(C)C(CCC3C2CCC2(C)C(C(C)CCCC(C)C)CCC32)C1.COCC1OC(OC2C(COC)OC(C)C(OC)C2CO)C(CO)C(CO)C1OC1OC(COC)C(OC2OC(CCO)C(CO)C(CO)C2CO)C(CO)C1OC. The number of aliphatic hydroxyl groups is 8. The highest BCUT2D eigenvalue weighted by molar-refractivity contribution is 5.10. The van der Waals surface area contributed by atoms with Gasteiger partial charge in [0.1, 0.15) is 24.4 Å². The molecule has 0 bridgehead atoms. The first kappa shape index (κ1) is 73.6. The Morgan fingerprint density at radius 3 is 1.48 bits per heavy atom. The van der Waals surface area contributed by atoms with Crippen LogP contribution in [0.2, 0.25) is 0 Å². The normalized spacial score (nSPS) is 45.2. The summed E-state index contributed by atoms with van der Waals surface area (Å²) in [6.45, 7) is 11.4. The van der Waals surface area contributed by atoms with Gasteiger partial charge in [0.15, 0.2) is 18.9 Å². The number of fused-ring (bicyclic) bond motifs is 5. The first-order valence-corrected chi connectivity index (χ1v) is 33.4. The molecule has 4 saturated carbocycles. The average molecular weight is 1250 g/mol. The van der Waals surface area contributed by atoms with Gasteiger partial charge < -0.3 is 102 Å². The van der Waals surface area contributed by atoms with Crippen molar-refractivity contribution < 1.29 is 102 Å². The predicted molar refractivity (Wildman–Crippen MR) is 322 cm³/mol. The molecule has 4 saturated heterocycles. The first-order valence-electron chi connectivity index (χ1n) is 33.4. The summed E-state index contributed by atoms with van der Waals surface area (Å²) in [5.41, 5.74) is 1.26. The lowest BCUT2D eigenvalue weighted by Gasteiger charge is -2.61. The molecule has 0 radical (unpaired) electrons. The van der Waals surface area contributed by atoms with Gasteiger partial charge in [-0.1, -0.05) is 53.9 Å². The van der Waals surface area contributed by atoms with Crippen molar-refractivity contribution in [1.82, 2.24) is 0 Å². The molecule has 29 atom stereocenters. The fourth-order valence-electron chi connectivity index (χ4n) is 18.9. The summed E-state index contributed by atoms with van der Waals surface area (Å²) in [5, 5.41) is 83.8. The van der Waals surface area contributed by atoms with Crippen molar-refractivity contribution in [3.63, 3.8) is 0 Å². The van der Waals surface area contributed by atoms with Gasteiger partial charge in [-0.2, -0.15) is 0 Å². The topological polar surface area (TPSA) is 282 Å². The van der Waals surface area contributed by atoms with Gasteiger partial charge >= 0.3 is 0 Å². The third-order valence-electron chi connectivity index (χ3n) is 23.5. The molecule has 21 heteroatoms. The molecule has 8 rings (SSSR count). The first-order chi connectivity index (χ1) is 41.9. The Labute approximate surface area is 520 Å². The van der Waals surface area contributed by atoms with E-state index in [9.17, 15) is 40.9 Å². The highest BCUT2D eigenvalue weighted by Gasteiger charge is 2.61. The molecular weight excluding hydrogens is 1130 g/mol. The van der Waals surface area contributed by atoms with Gasteiger partial charge in [0.05, 0.1) is 89.0 Å². The van der Waals surface area contributed by atoms with E-state index < -0.39 is 148 Å². The molecular formula is C66H120O21. The molecule has 8 aliphatic rings. The molecule has 8 N–H and O–H groups in total. The van der Waals surface area contributed by atoms with Gasteiger partial charge in [0.25, 0.3) is 0 Å². The molecule has 4 aliphatic carbocycles. The van der Waals surface area contributed by atoms with E-state index in [1.54, 1.807) is 0 Å². The van der Waals surface area contributed by atoms with Crippen LogP contribution in [-0.2, 0) is 61.6 Å². The average Bonchev–Trinajstić information content (AvgIpc) is 1.71. The van der Waals surface area contributed by atoms with Crippen LogP contribution in [0.15, 0.2) is 0 Å². The molecule has 0 spiro atoms. The Morgan fingerprint density at radius 1 is 0.460 bits per heavy atom. The van der Waals surface area contributed by atoms with Crippen molar-refractivity contribution in [2.75, 3.05) is 115 Å². The summed E-state index contributed by atoms with van der Waals surface area (Å²) in [4.78, 5) is 0. The van der Waals surface area contributed by atoms with Crippen molar-refractivity contribution >= 4 is 0 Å². The summed E-state index contributed by atoms with van der Waals surface area (Å²) in [7, 11) is 9.30. The highest BCUT2D eigenvalue weighted by atomic mass is 16.8. The molecule has 0 aromatic carbocycles. The maximum Gasteiger partial charge on any atom is 0.185 e. The van der Waals surface area contributed by atoms with Crippen LogP contribution in [-0.4, -0.2) is 242 Å². The van der Waals surface area contributed by atoms with E-state index in [1.807, 2.05) is 14.0 Å². The molecule has 4 aliphatic heterocycles. The number of methoxy groups -OCH3 is 6. The van der Waals surface area contributed by atoms with Gasteiger partial charge in [-0.25, -0.2) is 0 Å². The Hall–Kier alpha value is -0.840. The van der Waals surface area contributed by atoms with Gasteiger partial charge in [-0.3, -0.25) is 0 Å². The van der Waals surface area contributed by atoms with Crippen LogP contribution < -0.4 is 0 Å². The minimum Gasteiger partial charge on any atom is -0.396 e. The van der Waals surface area contributed by atoms with Crippen LogP contribution in [0, 0.1) is 93.7 Å². The van der Waals surface area contributed by atoms with Gasteiger partial charge in [0.2, 0.25) is 0 Å². The summed E-state index contributed by atoms with van der Waals surface area (Å²) in [6.07, 6.45) is 6.79. The second-order valence-electron chi connectivity index (χ2n) is 28.3. The second-order valence-corrected chi connectivity index (χ2v) is 28.3. The van der Waals surface area contributed by atoms with Crippen LogP contribution in [0.5, 0.6) is 0 Å². The summed E-state index contributed by atoms with van der Waals surface area (Å²) in [6, 6.07) is 0. The van der Waals surface area contributed by atoms with Gasteiger partial charge in [-0.15, -0.1) is 0 Å². The van der Waals surface area contributed by atoms with Gasteiger partial charge in [-0.05, 0) is 129 Å². The highest BCUT2D eigenvalue weighted by Crippen LogP contribution is 2.68. The quantitative estimate of drug-likeness (QED) is 0.0498. The molecule has 0 aromatic heterocycles. The lowest BCUT2D eigenvalue weighted by atomic mass is 9.44. The fraction of sp³-hybridized carbons (Fsp3) is 1.00. The van der Waals surface area contributed by atoms with Crippen LogP contribution in [0.1, 0.15) is 125 Å². The predicted octanol–water partition coefficient (Wildman–Crippen LogP) is 4.84. The molecule has 510 valence electrons. The van der Waals surface area contributed by atoms with E-state index in [1.165, 1.54) is 113 Å². The summed E-state index contributed by atoms with van der Waals surface area (Å²) < 4.78 is 79.0. The minimum atomic E-state index is -1.23. The largest absolute Gasteiger partial charge is 0.396 e. The van der Waals surface area contributed by atoms with Crippen molar-refractivity contribution in [2.45, 2.75) is 211 Å². The molecule has 8 fully saturated rings. The molecule has 0 aromatic rings. The smallest absolute Gasteiger partial charge is 0.185 e. The molecule has 4 heterocycles. The van der Waals surface area contributed by atoms with E-state index in [4.69, 9.17) is 61.6 Å². The van der Waals surface area contributed by atoms with Crippen molar-refractivity contribution in [2.24, 2.45) is 93.7 Å². The fourth-order valence-corrected chi connectivity index (χ4v) is 18.9. The van der Waals surface area contributed by atoms with Crippen molar-refractivity contribution in [3.8, 4) is 0 Å². The van der Waals surface area contributed by atoms with Crippen molar-refractivity contribution in [1.29, 1.82) is 0 Å². The van der Waals surface area contributed by atoms with E-state index >= 15 is 0 Å². The zero-order valence-electron chi connectivity index (χ0n) is 55.0. The summed E-state index contributed by atoms with van der Waals surface area (Å²) >= 11 is 0. The lowest BCUT2D eigenvalue weighted by Crippen LogP contribution is -2.65. The van der Waals surface area contributed by atoms with E-state index in [2.05, 4.69) is 34.6 Å². The van der Waals surface area contributed by atoms with E-state index in [0.717, 1.165) is 41.4 Å². The molecule has 21 nitrogen and oxygen atoms in total. The Balaban J connectivity index is 0.000000309. The maximum absolute atomic E-state index is 10.9. The number of hydrogen-bond acceptors (Lipinski definition) is 21. The Kier molecular flexibility index (Phi) is 29.2. The van der Waals surface area contributed by atoms with Crippen LogP contribution in [0.25, 0.3) is 0 Å². The van der Waals surface area contributed by atoms with Crippen LogP contribution >= 0.6 is 0 Å². The van der Waals surface area contributed by atoms with E-state index in [-0.39, 0.29) is 52.7 Å². The Bertz CT molecular complexity index is 1940. The number of hydrogen-bond donors (Lipinski definition) is 8. The lowest BCUT2D eigenvalue weighted by molar-refractivity contribution is -0.376. The molecule has 29 unspecified atom stereocenters. The summed E-state index contributed by atoms with van der Waals surface area (Å²) in [5.74, 6) is 1.66. The monoisotopic (exact) mass is 1250 g/mol. The van der Waals surface area contributed by atoms with Crippen LogP contribution in [0.3, 0.4) is 0 Å². The standard InChI is InChI=1S/C38H70O20.C28H50O/c1-19-31(50-5)25(14-45)33(28(52-19)16-47-2)56-37-24(13-44)22(11-42)32(29(54-37)17-48-3)58-38-35(51-6)26(15-46)34(30(55-38)18-49-4)57-36-23(12-43)20(9-40)21(10-41)27(53-36)7-8-39;1-19(2)8-7-9-20(3)24-12-13-25-23-11-10-21-18-22(29-6)14-16-27(21,4)26(23)15-17-28(24,25)5/h19-46H,7-18H2,1-6H3;19-26H,7-18H2,1-6H3. The molecule has 0 amide bonds. The van der Waals surface area contributed by atoms with Crippen molar-refractivity contribution in [3.05, 3.63) is 0 Å².